The summed E-state index contributed by atoms with van der Waals surface area (Å²) in [6, 6.07) is -1.13. The highest BCUT2D eigenvalue weighted by Crippen LogP contribution is 1.95. The molecule has 0 heterocycles. The van der Waals surface area contributed by atoms with Crippen molar-refractivity contribution in [1.82, 2.24) is 5.32 Å². The van der Waals surface area contributed by atoms with E-state index >= 15 is 0 Å². The van der Waals surface area contributed by atoms with Crippen LogP contribution in [0.5, 0.6) is 0 Å². The second kappa shape index (κ2) is 4.80. The van der Waals surface area contributed by atoms with Crippen molar-refractivity contribution in [3.63, 3.8) is 0 Å². The standard InChI is InChI=1S/C6H11NO5S/c1-13(11,12)3-2-5(6(9)10)7-4-8/h4-5H,2-3H2,1H3,(H,7,8)(H,9,10)/t5-/m1/s1. The number of carboxylic acids is 1. The molecule has 0 bridgehead atoms. The summed E-state index contributed by atoms with van der Waals surface area (Å²) in [5.74, 6) is -1.50. The first-order valence-electron chi connectivity index (χ1n) is 3.47. The van der Waals surface area contributed by atoms with Crippen LogP contribution in [0.2, 0.25) is 0 Å². The maximum absolute atomic E-state index is 10.7. The Morgan fingerprint density at radius 3 is 2.46 bits per heavy atom. The van der Waals surface area contributed by atoms with Crippen LogP contribution in [-0.2, 0) is 19.4 Å². The topological polar surface area (TPSA) is 101 Å². The average Bonchev–Trinajstić information content (AvgIpc) is 1.95. The van der Waals surface area contributed by atoms with Gasteiger partial charge < -0.3 is 10.4 Å². The summed E-state index contributed by atoms with van der Waals surface area (Å²) in [6.07, 6.45) is 1.13. The van der Waals surface area contributed by atoms with E-state index < -0.39 is 21.8 Å². The van der Waals surface area contributed by atoms with Crippen LogP contribution in [0.1, 0.15) is 6.42 Å². The second-order valence-corrected chi connectivity index (χ2v) is 4.85. The summed E-state index contributed by atoms with van der Waals surface area (Å²) >= 11 is 0. The Kier molecular flexibility index (Phi) is 4.39. The van der Waals surface area contributed by atoms with E-state index in [4.69, 9.17) is 5.11 Å². The lowest BCUT2D eigenvalue weighted by atomic mass is 10.2. The van der Waals surface area contributed by atoms with Crippen LogP contribution in [0.3, 0.4) is 0 Å². The maximum atomic E-state index is 10.7. The van der Waals surface area contributed by atoms with Gasteiger partial charge in [0.25, 0.3) is 0 Å². The third-order valence-corrected chi connectivity index (χ3v) is 2.32. The number of hydrogen-bond donors (Lipinski definition) is 2. The molecule has 0 rings (SSSR count). The molecule has 2 N–H and O–H groups in total. The molecule has 0 aliphatic rings. The summed E-state index contributed by atoms with van der Waals surface area (Å²) in [6.45, 7) is 0. The molecule has 1 atom stereocenters. The molecule has 0 aliphatic heterocycles. The third-order valence-electron chi connectivity index (χ3n) is 1.34. The van der Waals surface area contributed by atoms with Crippen LogP contribution in [0.15, 0.2) is 0 Å². The van der Waals surface area contributed by atoms with Crippen LogP contribution >= 0.6 is 0 Å². The predicted molar refractivity (Wildman–Crippen MR) is 45.0 cm³/mol. The van der Waals surface area contributed by atoms with Gasteiger partial charge >= 0.3 is 5.97 Å². The lowest BCUT2D eigenvalue weighted by molar-refractivity contribution is -0.140. The quantitative estimate of drug-likeness (QED) is 0.525. The van der Waals surface area contributed by atoms with E-state index in [-0.39, 0.29) is 18.6 Å². The monoisotopic (exact) mass is 209 g/mol. The molecule has 1 amide bonds. The zero-order valence-electron chi connectivity index (χ0n) is 7.06. The van der Waals surface area contributed by atoms with E-state index in [1.807, 2.05) is 5.32 Å². The SMILES string of the molecule is CS(=O)(=O)CC[C@@H](NC=O)C(=O)O. The number of carbonyl (C=O) groups is 2. The molecule has 0 unspecified atom stereocenters. The van der Waals surface area contributed by atoms with E-state index in [1.165, 1.54) is 0 Å². The Morgan fingerprint density at radius 1 is 1.62 bits per heavy atom. The molecule has 0 saturated heterocycles. The van der Waals surface area contributed by atoms with Crippen molar-refractivity contribution in [3.05, 3.63) is 0 Å². The number of aliphatic carboxylic acids is 1. The minimum absolute atomic E-state index is 0.118. The van der Waals surface area contributed by atoms with Crippen LogP contribution in [0, 0.1) is 0 Å². The fourth-order valence-corrected chi connectivity index (χ4v) is 1.36. The molecule has 13 heavy (non-hydrogen) atoms. The molecular weight excluding hydrogens is 198 g/mol. The molecule has 0 aromatic rings. The molecule has 76 valence electrons. The zero-order valence-corrected chi connectivity index (χ0v) is 7.87. The summed E-state index contributed by atoms with van der Waals surface area (Å²) in [7, 11) is -3.19. The molecule has 0 radical (unpaired) electrons. The number of carbonyl (C=O) groups excluding carboxylic acids is 1. The van der Waals surface area contributed by atoms with E-state index in [1.54, 1.807) is 0 Å². The molecule has 0 spiro atoms. The van der Waals surface area contributed by atoms with Crippen molar-refractivity contribution in [2.24, 2.45) is 0 Å². The smallest absolute Gasteiger partial charge is 0.326 e. The number of rotatable bonds is 6. The van der Waals surface area contributed by atoms with Crippen LogP contribution in [0.4, 0.5) is 0 Å². The lowest BCUT2D eigenvalue weighted by Gasteiger charge is -2.09. The Hall–Kier alpha value is -1.11. The summed E-state index contributed by atoms with van der Waals surface area (Å²) < 4.78 is 21.3. The van der Waals surface area contributed by atoms with Crippen LogP contribution in [0.25, 0.3) is 0 Å². The molecule has 6 nitrogen and oxygen atoms in total. The van der Waals surface area contributed by atoms with Crippen LogP contribution in [-0.4, -0.2) is 44.0 Å². The average molecular weight is 209 g/mol. The first-order valence-corrected chi connectivity index (χ1v) is 5.53. The second-order valence-electron chi connectivity index (χ2n) is 2.59. The van der Waals surface area contributed by atoms with Gasteiger partial charge in [0.2, 0.25) is 6.41 Å². The number of nitrogens with one attached hydrogen (secondary N) is 1. The number of carboxylic acid groups (broad SMARTS) is 1. The Bertz CT molecular complexity index is 283. The predicted octanol–water partition coefficient (Wildman–Crippen LogP) is -1.38. The Labute approximate surface area is 75.9 Å². The fraction of sp³-hybridized carbons (Fsp3) is 0.667. The first kappa shape index (κ1) is 11.9. The van der Waals surface area contributed by atoms with Crippen molar-refractivity contribution < 1.29 is 23.1 Å². The molecule has 0 aromatic heterocycles. The number of sulfone groups is 1. The number of amides is 1. The van der Waals surface area contributed by atoms with E-state index in [0.29, 0.717) is 0 Å². The lowest BCUT2D eigenvalue weighted by Crippen LogP contribution is -2.37. The highest BCUT2D eigenvalue weighted by molar-refractivity contribution is 7.90. The Morgan fingerprint density at radius 2 is 2.15 bits per heavy atom. The van der Waals surface area contributed by atoms with Crippen molar-refractivity contribution in [2.45, 2.75) is 12.5 Å². The third kappa shape index (κ3) is 6.09. The summed E-state index contributed by atoms with van der Waals surface area (Å²) in [5.41, 5.74) is 0. The largest absolute Gasteiger partial charge is 0.480 e. The molecule has 0 saturated carbocycles. The number of hydrogen-bond acceptors (Lipinski definition) is 4. The van der Waals surface area contributed by atoms with Crippen molar-refractivity contribution in [2.75, 3.05) is 12.0 Å². The summed E-state index contributed by atoms with van der Waals surface area (Å²) in [5, 5.41) is 10.5. The van der Waals surface area contributed by atoms with Gasteiger partial charge in [-0.15, -0.1) is 0 Å². The van der Waals surface area contributed by atoms with E-state index in [0.717, 1.165) is 6.26 Å². The summed E-state index contributed by atoms with van der Waals surface area (Å²) in [4.78, 5) is 20.3. The molecular formula is C6H11NO5S. The van der Waals surface area contributed by atoms with Crippen molar-refractivity contribution in [1.29, 1.82) is 0 Å². The van der Waals surface area contributed by atoms with E-state index in [9.17, 15) is 18.0 Å². The van der Waals surface area contributed by atoms with Gasteiger partial charge in [-0.3, -0.25) is 4.79 Å². The van der Waals surface area contributed by atoms with Crippen molar-refractivity contribution in [3.8, 4) is 0 Å². The van der Waals surface area contributed by atoms with Gasteiger partial charge in [-0.05, 0) is 6.42 Å². The van der Waals surface area contributed by atoms with Gasteiger partial charge in [0.1, 0.15) is 15.9 Å². The van der Waals surface area contributed by atoms with Gasteiger partial charge in [0.05, 0.1) is 5.75 Å². The van der Waals surface area contributed by atoms with Gasteiger partial charge in [-0.1, -0.05) is 0 Å². The minimum atomic E-state index is -3.19. The molecule has 0 aromatic carbocycles. The van der Waals surface area contributed by atoms with Gasteiger partial charge in [-0.25, -0.2) is 13.2 Å². The van der Waals surface area contributed by atoms with Crippen molar-refractivity contribution >= 4 is 22.2 Å². The van der Waals surface area contributed by atoms with E-state index in [2.05, 4.69) is 0 Å². The zero-order chi connectivity index (χ0) is 10.5. The molecule has 7 heteroatoms. The molecule has 0 fully saturated rings. The highest BCUT2D eigenvalue weighted by atomic mass is 32.2. The van der Waals surface area contributed by atoms with Gasteiger partial charge in [0.15, 0.2) is 0 Å². The minimum Gasteiger partial charge on any atom is -0.480 e. The fourth-order valence-electron chi connectivity index (χ4n) is 0.692. The first-order chi connectivity index (χ1) is 5.87. The normalized spacial score (nSPS) is 13.3. The van der Waals surface area contributed by atoms with Crippen LogP contribution < -0.4 is 5.32 Å². The Balaban J connectivity index is 4.12. The maximum Gasteiger partial charge on any atom is 0.326 e. The molecule has 0 aliphatic carbocycles. The van der Waals surface area contributed by atoms with Gasteiger partial charge in [-0.2, -0.15) is 0 Å². The highest BCUT2D eigenvalue weighted by Gasteiger charge is 2.17. The van der Waals surface area contributed by atoms with Gasteiger partial charge in [0, 0.05) is 6.26 Å².